The molecule has 0 saturated heterocycles. The highest BCUT2D eigenvalue weighted by atomic mass is 19.2. The molecule has 2 rings (SSSR count). The quantitative estimate of drug-likeness (QED) is 0.661. The summed E-state index contributed by atoms with van der Waals surface area (Å²) in [6, 6.07) is 2.08. The van der Waals surface area contributed by atoms with Gasteiger partial charge in [-0.15, -0.1) is 0 Å². The SMILES string of the molecule is O=C(CNC1CCCCCC1)Nc1ccc(F)c(F)c1F. The maximum absolute atomic E-state index is 13.4. The van der Waals surface area contributed by atoms with Crippen molar-refractivity contribution in [2.24, 2.45) is 0 Å². The number of anilines is 1. The summed E-state index contributed by atoms with van der Waals surface area (Å²) >= 11 is 0. The molecule has 0 atom stereocenters. The van der Waals surface area contributed by atoms with E-state index < -0.39 is 23.4 Å². The zero-order valence-corrected chi connectivity index (χ0v) is 11.7. The highest BCUT2D eigenvalue weighted by molar-refractivity contribution is 5.92. The van der Waals surface area contributed by atoms with Gasteiger partial charge in [0.1, 0.15) is 0 Å². The number of halogens is 3. The van der Waals surface area contributed by atoms with Crippen LogP contribution < -0.4 is 10.6 Å². The van der Waals surface area contributed by atoms with Crippen LogP contribution in [-0.4, -0.2) is 18.5 Å². The molecule has 116 valence electrons. The number of hydrogen-bond acceptors (Lipinski definition) is 2. The first-order chi connectivity index (χ1) is 10.1. The Morgan fingerprint density at radius 3 is 2.38 bits per heavy atom. The average molecular weight is 300 g/mol. The summed E-state index contributed by atoms with van der Waals surface area (Å²) in [5.41, 5.74) is -0.346. The Kier molecular flexibility index (Phi) is 5.61. The van der Waals surface area contributed by atoms with Crippen LogP contribution in [0.2, 0.25) is 0 Å². The Hall–Kier alpha value is -1.56. The summed E-state index contributed by atoms with van der Waals surface area (Å²) in [5, 5.41) is 5.38. The Bertz CT molecular complexity index is 500. The molecule has 0 bridgehead atoms. The van der Waals surface area contributed by atoms with Crippen LogP contribution in [0.3, 0.4) is 0 Å². The molecule has 0 heterocycles. The van der Waals surface area contributed by atoms with E-state index in [1.165, 1.54) is 12.8 Å². The highest BCUT2D eigenvalue weighted by Crippen LogP contribution is 2.20. The third kappa shape index (κ3) is 4.46. The highest BCUT2D eigenvalue weighted by Gasteiger charge is 2.16. The van der Waals surface area contributed by atoms with E-state index in [-0.39, 0.29) is 18.3 Å². The van der Waals surface area contributed by atoms with Gasteiger partial charge in [-0.3, -0.25) is 4.79 Å². The molecule has 1 amide bonds. The van der Waals surface area contributed by atoms with Crippen molar-refractivity contribution in [1.82, 2.24) is 5.32 Å². The zero-order valence-electron chi connectivity index (χ0n) is 11.7. The lowest BCUT2D eigenvalue weighted by Crippen LogP contribution is -2.36. The van der Waals surface area contributed by atoms with Gasteiger partial charge in [-0.25, -0.2) is 13.2 Å². The van der Waals surface area contributed by atoms with Gasteiger partial charge in [0.15, 0.2) is 17.5 Å². The van der Waals surface area contributed by atoms with Crippen molar-refractivity contribution in [3.05, 3.63) is 29.6 Å². The second-order valence-corrected chi connectivity index (χ2v) is 5.34. The summed E-state index contributed by atoms with van der Waals surface area (Å²) < 4.78 is 39.3. The Labute approximate surface area is 121 Å². The summed E-state index contributed by atoms with van der Waals surface area (Å²) in [6.07, 6.45) is 6.74. The number of amides is 1. The second-order valence-electron chi connectivity index (χ2n) is 5.34. The van der Waals surface area contributed by atoms with Gasteiger partial charge in [0.25, 0.3) is 0 Å². The van der Waals surface area contributed by atoms with E-state index in [0.29, 0.717) is 0 Å². The molecular weight excluding hydrogens is 281 g/mol. The van der Waals surface area contributed by atoms with E-state index in [9.17, 15) is 18.0 Å². The largest absolute Gasteiger partial charge is 0.322 e. The number of carbonyl (C=O) groups is 1. The van der Waals surface area contributed by atoms with Crippen molar-refractivity contribution in [2.75, 3.05) is 11.9 Å². The first-order valence-corrected chi connectivity index (χ1v) is 7.24. The third-order valence-electron chi connectivity index (χ3n) is 3.72. The molecule has 1 fully saturated rings. The van der Waals surface area contributed by atoms with Crippen molar-refractivity contribution in [1.29, 1.82) is 0 Å². The van der Waals surface area contributed by atoms with E-state index in [1.54, 1.807) is 0 Å². The normalized spacial score (nSPS) is 16.5. The number of nitrogens with one attached hydrogen (secondary N) is 2. The minimum absolute atomic E-state index is 0.0309. The molecule has 0 unspecified atom stereocenters. The van der Waals surface area contributed by atoms with Gasteiger partial charge in [-0.2, -0.15) is 0 Å². The van der Waals surface area contributed by atoms with Crippen LogP contribution in [0.4, 0.5) is 18.9 Å². The summed E-state index contributed by atoms with van der Waals surface area (Å²) in [5.74, 6) is -4.70. The van der Waals surface area contributed by atoms with Crippen molar-refractivity contribution < 1.29 is 18.0 Å². The van der Waals surface area contributed by atoms with E-state index in [1.807, 2.05) is 0 Å². The van der Waals surface area contributed by atoms with E-state index in [4.69, 9.17) is 0 Å². The molecule has 0 spiro atoms. The summed E-state index contributed by atoms with van der Waals surface area (Å²) in [7, 11) is 0. The minimum Gasteiger partial charge on any atom is -0.322 e. The van der Waals surface area contributed by atoms with Crippen molar-refractivity contribution in [3.63, 3.8) is 0 Å². The van der Waals surface area contributed by atoms with Crippen LogP contribution in [-0.2, 0) is 4.79 Å². The molecule has 21 heavy (non-hydrogen) atoms. The van der Waals surface area contributed by atoms with E-state index >= 15 is 0 Å². The average Bonchev–Trinajstić information content (AvgIpc) is 2.74. The molecule has 0 aromatic heterocycles. The molecule has 1 aromatic carbocycles. The van der Waals surface area contributed by atoms with Gasteiger partial charge >= 0.3 is 0 Å². The van der Waals surface area contributed by atoms with Gasteiger partial charge in [0.2, 0.25) is 5.91 Å². The fourth-order valence-electron chi connectivity index (χ4n) is 2.54. The van der Waals surface area contributed by atoms with Crippen LogP contribution in [0.1, 0.15) is 38.5 Å². The number of carbonyl (C=O) groups excluding carboxylic acids is 1. The molecule has 6 heteroatoms. The number of benzene rings is 1. The number of rotatable bonds is 4. The molecule has 0 aliphatic heterocycles. The van der Waals surface area contributed by atoms with Crippen molar-refractivity contribution in [3.8, 4) is 0 Å². The summed E-state index contributed by atoms with van der Waals surface area (Å²) in [4.78, 5) is 11.7. The zero-order chi connectivity index (χ0) is 15.2. The molecule has 3 nitrogen and oxygen atoms in total. The van der Waals surface area contributed by atoms with Gasteiger partial charge in [-0.05, 0) is 25.0 Å². The monoisotopic (exact) mass is 300 g/mol. The lowest BCUT2D eigenvalue weighted by atomic mass is 10.1. The maximum atomic E-state index is 13.4. The van der Waals surface area contributed by atoms with E-state index in [2.05, 4.69) is 10.6 Å². The van der Waals surface area contributed by atoms with Crippen LogP contribution in [0, 0.1) is 17.5 Å². The number of hydrogen-bond donors (Lipinski definition) is 2. The molecule has 2 N–H and O–H groups in total. The van der Waals surface area contributed by atoms with Crippen LogP contribution in [0.25, 0.3) is 0 Å². The minimum atomic E-state index is -1.58. The molecule has 0 radical (unpaired) electrons. The predicted octanol–water partition coefficient (Wildman–Crippen LogP) is 3.35. The fourth-order valence-corrected chi connectivity index (χ4v) is 2.54. The van der Waals surface area contributed by atoms with Crippen LogP contribution in [0.15, 0.2) is 12.1 Å². The van der Waals surface area contributed by atoms with Crippen molar-refractivity contribution in [2.45, 2.75) is 44.6 Å². The first kappa shape index (κ1) is 15.8. The standard InChI is InChI=1S/C15H19F3N2O/c16-11-7-8-12(15(18)14(11)17)20-13(21)9-19-10-5-3-1-2-4-6-10/h7-8,10,19H,1-6,9H2,(H,20,21). The topological polar surface area (TPSA) is 41.1 Å². The molecule has 1 aromatic rings. The molecular formula is C15H19F3N2O. The predicted molar refractivity (Wildman–Crippen MR) is 74.4 cm³/mol. The van der Waals surface area contributed by atoms with Gasteiger partial charge in [-0.1, -0.05) is 25.7 Å². The smallest absolute Gasteiger partial charge is 0.238 e. The summed E-state index contributed by atoms with van der Waals surface area (Å²) in [6.45, 7) is 0.0309. The molecule has 1 saturated carbocycles. The first-order valence-electron chi connectivity index (χ1n) is 7.24. The van der Waals surface area contributed by atoms with Crippen LogP contribution in [0.5, 0.6) is 0 Å². The van der Waals surface area contributed by atoms with Gasteiger partial charge in [0, 0.05) is 6.04 Å². The Balaban J connectivity index is 1.85. The second kappa shape index (κ2) is 7.45. The Morgan fingerprint density at radius 2 is 1.71 bits per heavy atom. The van der Waals surface area contributed by atoms with Crippen LogP contribution >= 0.6 is 0 Å². The van der Waals surface area contributed by atoms with Gasteiger partial charge < -0.3 is 10.6 Å². The molecule has 1 aliphatic carbocycles. The third-order valence-corrected chi connectivity index (χ3v) is 3.72. The lowest BCUT2D eigenvalue weighted by Gasteiger charge is -2.16. The maximum Gasteiger partial charge on any atom is 0.238 e. The van der Waals surface area contributed by atoms with Gasteiger partial charge in [0.05, 0.1) is 12.2 Å². The lowest BCUT2D eigenvalue weighted by molar-refractivity contribution is -0.115. The Morgan fingerprint density at radius 1 is 1.05 bits per heavy atom. The fraction of sp³-hybridized carbons (Fsp3) is 0.533. The van der Waals surface area contributed by atoms with E-state index in [0.717, 1.165) is 37.8 Å². The van der Waals surface area contributed by atoms with Crippen molar-refractivity contribution >= 4 is 11.6 Å². The molecule has 1 aliphatic rings.